The first-order valence-electron chi connectivity index (χ1n) is 11.5. The van der Waals surface area contributed by atoms with E-state index in [9.17, 15) is 9.59 Å². The molecular weight excluding hydrogens is 454 g/mol. The molecule has 2 N–H and O–H groups in total. The molecule has 1 aromatic heterocycles. The van der Waals surface area contributed by atoms with Crippen molar-refractivity contribution >= 4 is 29.1 Å². The molecule has 0 atom stereocenters. The second-order valence-electron chi connectivity index (χ2n) is 8.33. The van der Waals surface area contributed by atoms with Gasteiger partial charge in [-0.05, 0) is 56.6 Å². The lowest BCUT2D eigenvalue weighted by Gasteiger charge is -2.30. The first-order chi connectivity index (χ1) is 16.5. The summed E-state index contributed by atoms with van der Waals surface area (Å²) in [6, 6.07) is 14.5. The number of amides is 2. The molecule has 2 amide bonds. The van der Waals surface area contributed by atoms with Crippen molar-refractivity contribution in [2.24, 2.45) is 5.92 Å². The van der Waals surface area contributed by atoms with Crippen LogP contribution in [0.2, 0.25) is 5.02 Å². The highest BCUT2D eigenvalue weighted by Crippen LogP contribution is 2.26. The van der Waals surface area contributed by atoms with Crippen molar-refractivity contribution in [1.29, 1.82) is 0 Å². The van der Waals surface area contributed by atoms with Crippen molar-refractivity contribution in [3.05, 3.63) is 65.0 Å². The van der Waals surface area contributed by atoms with Crippen LogP contribution in [0, 0.1) is 5.92 Å². The number of para-hydroxylation sites is 1. The molecule has 3 aromatic rings. The second-order valence-corrected chi connectivity index (χ2v) is 8.74. The number of nitrogens with zero attached hydrogens (tertiary/aromatic N) is 3. The van der Waals surface area contributed by atoms with Crippen LogP contribution in [0.15, 0.2) is 53.1 Å². The van der Waals surface area contributed by atoms with Crippen molar-refractivity contribution in [3.63, 3.8) is 0 Å². The highest BCUT2D eigenvalue weighted by molar-refractivity contribution is 6.33. The van der Waals surface area contributed by atoms with Crippen molar-refractivity contribution < 1.29 is 14.1 Å². The average Bonchev–Trinajstić information content (AvgIpc) is 3.31. The van der Waals surface area contributed by atoms with Crippen LogP contribution in [0.4, 0.5) is 5.69 Å². The van der Waals surface area contributed by atoms with Gasteiger partial charge in [0, 0.05) is 18.0 Å². The lowest BCUT2D eigenvalue weighted by molar-refractivity contribution is -0.121. The number of piperidine rings is 1. The molecule has 2 heterocycles. The summed E-state index contributed by atoms with van der Waals surface area (Å²) in [7, 11) is 0. The summed E-state index contributed by atoms with van der Waals surface area (Å²) in [4.78, 5) is 32.0. The molecule has 178 valence electrons. The number of hydrogen-bond acceptors (Lipinski definition) is 6. The van der Waals surface area contributed by atoms with E-state index in [1.165, 1.54) is 0 Å². The third-order valence-electron chi connectivity index (χ3n) is 5.87. The van der Waals surface area contributed by atoms with Crippen LogP contribution in [0.3, 0.4) is 0 Å². The van der Waals surface area contributed by atoms with Crippen LogP contribution in [0.25, 0.3) is 11.4 Å². The van der Waals surface area contributed by atoms with Crippen molar-refractivity contribution in [3.8, 4) is 11.4 Å². The second kappa shape index (κ2) is 11.3. The summed E-state index contributed by atoms with van der Waals surface area (Å²) < 4.78 is 5.42. The van der Waals surface area contributed by atoms with Crippen LogP contribution in [-0.2, 0) is 11.3 Å². The van der Waals surface area contributed by atoms with Gasteiger partial charge in [-0.3, -0.25) is 14.5 Å². The maximum Gasteiger partial charge on any atom is 0.253 e. The lowest BCUT2D eigenvalue weighted by Crippen LogP contribution is -2.38. The summed E-state index contributed by atoms with van der Waals surface area (Å²) in [5, 5.41) is 10.4. The average molecular weight is 482 g/mol. The minimum atomic E-state index is -0.178. The molecule has 0 unspecified atom stereocenters. The van der Waals surface area contributed by atoms with Gasteiger partial charge in [0.2, 0.25) is 17.6 Å². The molecular formula is C25H28ClN5O3. The van der Waals surface area contributed by atoms with Gasteiger partial charge in [-0.15, -0.1) is 0 Å². The number of carbonyl (C=O) groups is 2. The SMILES string of the molecule is CCCNC(=O)c1ccccc1NC(=O)C1CCN(Cc2nc(-c3ccccc3Cl)no2)CC1. The zero-order valence-electron chi connectivity index (χ0n) is 19.1. The summed E-state index contributed by atoms with van der Waals surface area (Å²) in [6.45, 7) is 4.59. The van der Waals surface area contributed by atoms with Crippen LogP contribution in [-0.4, -0.2) is 46.5 Å². The Bertz CT molecular complexity index is 1140. The van der Waals surface area contributed by atoms with E-state index in [0.29, 0.717) is 53.9 Å². The standard InChI is InChI=1S/C25H28ClN5O3/c1-2-13-27-25(33)19-8-4-6-10-21(19)28-24(32)17-11-14-31(15-12-17)16-22-29-23(30-34-22)18-7-3-5-9-20(18)26/h3-10,17H,2,11-16H2,1H3,(H,27,33)(H,28,32). The van der Waals surface area contributed by atoms with Gasteiger partial charge in [0.25, 0.3) is 5.91 Å². The van der Waals surface area contributed by atoms with E-state index >= 15 is 0 Å². The molecule has 0 bridgehead atoms. The third-order valence-corrected chi connectivity index (χ3v) is 6.19. The van der Waals surface area contributed by atoms with Gasteiger partial charge in [0.1, 0.15) is 0 Å². The number of nitrogens with one attached hydrogen (secondary N) is 2. The monoisotopic (exact) mass is 481 g/mol. The Hall–Kier alpha value is -3.23. The summed E-state index contributed by atoms with van der Waals surface area (Å²) in [6.07, 6.45) is 2.27. The van der Waals surface area contributed by atoms with Gasteiger partial charge in [-0.25, -0.2) is 0 Å². The maximum absolute atomic E-state index is 12.9. The predicted molar refractivity (Wildman–Crippen MR) is 130 cm³/mol. The van der Waals surface area contributed by atoms with Crippen LogP contribution >= 0.6 is 11.6 Å². The van der Waals surface area contributed by atoms with Crippen molar-refractivity contribution in [1.82, 2.24) is 20.4 Å². The number of rotatable bonds is 8. The number of hydrogen-bond donors (Lipinski definition) is 2. The number of likely N-dealkylation sites (tertiary alicyclic amines) is 1. The Morgan fingerprint density at radius 3 is 2.62 bits per heavy atom. The molecule has 1 fully saturated rings. The number of benzene rings is 2. The molecule has 4 rings (SSSR count). The van der Waals surface area contributed by atoms with Gasteiger partial charge >= 0.3 is 0 Å². The van der Waals surface area contributed by atoms with Crippen LogP contribution in [0.5, 0.6) is 0 Å². The Labute approximate surface area is 203 Å². The molecule has 9 heteroatoms. The van der Waals surface area contributed by atoms with E-state index in [1.54, 1.807) is 24.3 Å². The fraction of sp³-hybridized carbons (Fsp3) is 0.360. The normalized spacial score (nSPS) is 14.6. The molecule has 0 saturated carbocycles. The Balaban J connectivity index is 1.30. The molecule has 2 aromatic carbocycles. The highest BCUT2D eigenvalue weighted by atomic mass is 35.5. The Morgan fingerprint density at radius 2 is 1.85 bits per heavy atom. The zero-order chi connectivity index (χ0) is 23.9. The molecule has 34 heavy (non-hydrogen) atoms. The quantitative estimate of drug-likeness (QED) is 0.495. The van der Waals surface area contributed by atoms with Crippen LogP contribution in [0.1, 0.15) is 42.4 Å². The third kappa shape index (κ3) is 5.81. The minimum Gasteiger partial charge on any atom is -0.352 e. The summed E-state index contributed by atoms with van der Waals surface area (Å²) in [5.74, 6) is 0.628. The Morgan fingerprint density at radius 1 is 1.12 bits per heavy atom. The fourth-order valence-electron chi connectivity index (χ4n) is 3.97. The van der Waals surface area contributed by atoms with Gasteiger partial charge < -0.3 is 15.2 Å². The summed E-state index contributed by atoms with van der Waals surface area (Å²) >= 11 is 6.22. The number of carbonyl (C=O) groups excluding carboxylic acids is 2. The van der Waals surface area contributed by atoms with E-state index in [2.05, 4.69) is 25.7 Å². The molecule has 1 saturated heterocycles. The highest BCUT2D eigenvalue weighted by Gasteiger charge is 2.27. The van der Waals surface area contributed by atoms with E-state index in [-0.39, 0.29) is 17.7 Å². The number of anilines is 1. The lowest BCUT2D eigenvalue weighted by atomic mass is 9.95. The predicted octanol–water partition coefficient (Wildman–Crippen LogP) is 4.38. The van der Waals surface area contributed by atoms with Gasteiger partial charge in [0.15, 0.2) is 0 Å². The molecule has 0 aliphatic carbocycles. The van der Waals surface area contributed by atoms with E-state index in [0.717, 1.165) is 25.1 Å². The van der Waals surface area contributed by atoms with Crippen LogP contribution < -0.4 is 10.6 Å². The largest absolute Gasteiger partial charge is 0.352 e. The maximum atomic E-state index is 12.9. The van der Waals surface area contributed by atoms with E-state index in [4.69, 9.17) is 16.1 Å². The fourth-order valence-corrected chi connectivity index (χ4v) is 4.19. The van der Waals surface area contributed by atoms with Crippen molar-refractivity contribution in [2.45, 2.75) is 32.7 Å². The number of aromatic nitrogens is 2. The van der Waals surface area contributed by atoms with Gasteiger partial charge in [-0.1, -0.05) is 47.9 Å². The minimum absolute atomic E-state index is 0.0609. The smallest absolute Gasteiger partial charge is 0.253 e. The molecule has 1 aliphatic heterocycles. The number of halogens is 1. The molecule has 1 aliphatic rings. The first kappa shape index (κ1) is 23.9. The topological polar surface area (TPSA) is 100 Å². The van der Waals surface area contributed by atoms with E-state index in [1.807, 2.05) is 31.2 Å². The van der Waals surface area contributed by atoms with Crippen molar-refractivity contribution in [2.75, 3.05) is 25.0 Å². The summed E-state index contributed by atoms with van der Waals surface area (Å²) in [5.41, 5.74) is 1.76. The Kier molecular flexibility index (Phi) is 7.92. The molecule has 8 nitrogen and oxygen atoms in total. The zero-order valence-corrected chi connectivity index (χ0v) is 19.8. The molecule has 0 spiro atoms. The van der Waals surface area contributed by atoms with E-state index < -0.39 is 0 Å². The van der Waals surface area contributed by atoms with Gasteiger partial charge in [-0.2, -0.15) is 4.98 Å². The van der Waals surface area contributed by atoms with Gasteiger partial charge in [0.05, 0.1) is 22.8 Å². The molecule has 0 radical (unpaired) electrons. The first-order valence-corrected chi connectivity index (χ1v) is 11.9.